The summed E-state index contributed by atoms with van der Waals surface area (Å²) in [5, 5.41) is 0. The van der Waals surface area contributed by atoms with E-state index in [-0.39, 0.29) is 12.4 Å². The van der Waals surface area contributed by atoms with E-state index in [2.05, 4.69) is 22.6 Å². The normalized spacial score (nSPS) is 11.3. The van der Waals surface area contributed by atoms with Crippen molar-refractivity contribution in [3.05, 3.63) is 57.2 Å². The Labute approximate surface area is 145 Å². The molecule has 0 heterocycles. The van der Waals surface area contributed by atoms with E-state index in [0.29, 0.717) is 12.2 Å². The molecule has 0 saturated heterocycles. The molecule has 0 aliphatic heterocycles. The van der Waals surface area contributed by atoms with Crippen LogP contribution in [0.4, 0.5) is 13.2 Å². The van der Waals surface area contributed by atoms with Gasteiger partial charge < -0.3 is 4.74 Å². The Hall–Kier alpha value is -1.57. The number of carbonyl (C=O) groups excluding carboxylic acids is 1. The van der Waals surface area contributed by atoms with Crippen molar-refractivity contribution in [2.24, 2.45) is 0 Å². The SMILES string of the molecule is CCOC(=O)Cc1ccc(I)c(-c2ccc(C(F)(F)F)cc2)c1. The van der Waals surface area contributed by atoms with Crippen molar-refractivity contribution in [2.75, 3.05) is 6.61 Å². The van der Waals surface area contributed by atoms with Crippen LogP contribution in [0.15, 0.2) is 42.5 Å². The van der Waals surface area contributed by atoms with E-state index >= 15 is 0 Å². The molecule has 0 unspecified atom stereocenters. The van der Waals surface area contributed by atoms with Crippen molar-refractivity contribution in [3.8, 4) is 11.1 Å². The molecule has 122 valence electrons. The zero-order valence-corrected chi connectivity index (χ0v) is 14.4. The number of esters is 1. The van der Waals surface area contributed by atoms with Crippen LogP contribution in [0.25, 0.3) is 11.1 Å². The van der Waals surface area contributed by atoms with Crippen LogP contribution in [-0.2, 0) is 22.1 Å². The largest absolute Gasteiger partial charge is 0.466 e. The van der Waals surface area contributed by atoms with Gasteiger partial charge in [-0.05, 0) is 70.5 Å². The molecule has 0 spiro atoms. The molecule has 2 rings (SSSR count). The summed E-state index contributed by atoms with van der Waals surface area (Å²) in [6.07, 6.45) is -4.21. The first-order valence-corrected chi connectivity index (χ1v) is 8.01. The van der Waals surface area contributed by atoms with Crippen molar-refractivity contribution >= 4 is 28.6 Å². The van der Waals surface area contributed by atoms with E-state index in [0.717, 1.165) is 26.8 Å². The molecule has 0 aliphatic carbocycles. The van der Waals surface area contributed by atoms with Gasteiger partial charge in [0, 0.05) is 3.57 Å². The fourth-order valence-electron chi connectivity index (χ4n) is 2.12. The Kier molecular flexibility index (Phi) is 5.67. The molecule has 0 N–H and O–H groups in total. The van der Waals surface area contributed by atoms with Crippen molar-refractivity contribution in [1.82, 2.24) is 0 Å². The molecule has 2 aromatic rings. The molecule has 2 aromatic carbocycles. The smallest absolute Gasteiger partial charge is 0.416 e. The summed E-state index contributed by atoms with van der Waals surface area (Å²) in [5.41, 5.74) is 1.55. The number of hydrogen-bond donors (Lipinski definition) is 0. The highest BCUT2D eigenvalue weighted by atomic mass is 127. The third-order valence-electron chi connectivity index (χ3n) is 3.21. The molecule has 0 aliphatic rings. The summed E-state index contributed by atoms with van der Waals surface area (Å²) in [6, 6.07) is 10.4. The molecule has 0 radical (unpaired) electrons. The quantitative estimate of drug-likeness (QED) is 0.496. The lowest BCUT2D eigenvalue weighted by Crippen LogP contribution is -2.07. The van der Waals surface area contributed by atoms with Crippen LogP contribution in [0.2, 0.25) is 0 Å². The molecular formula is C17H14F3IO2. The summed E-state index contributed by atoms with van der Waals surface area (Å²) in [4.78, 5) is 11.6. The van der Waals surface area contributed by atoms with E-state index in [4.69, 9.17) is 4.74 Å². The maximum Gasteiger partial charge on any atom is 0.416 e. The average molecular weight is 434 g/mol. The standard InChI is InChI=1S/C17H14F3IO2/c1-2-23-16(22)10-11-3-8-15(21)14(9-11)12-4-6-13(7-5-12)17(18,19)20/h3-9H,2,10H2,1H3. The fourth-order valence-corrected chi connectivity index (χ4v) is 2.77. The van der Waals surface area contributed by atoms with Crippen LogP contribution in [0.1, 0.15) is 18.1 Å². The van der Waals surface area contributed by atoms with Gasteiger partial charge in [0.1, 0.15) is 0 Å². The third-order valence-corrected chi connectivity index (χ3v) is 4.15. The van der Waals surface area contributed by atoms with E-state index in [1.54, 1.807) is 13.0 Å². The highest BCUT2D eigenvalue weighted by molar-refractivity contribution is 14.1. The lowest BCUT2D eigenvalue weighted by molar-refractivity contribution is -0.142. The van der Waals surface area contributed by atoms with Crippen molar-refractivity contribution < 1.29 is 22.7 Å². The lowest BCUT2D eigenvalue weighted by atomic mass is 10.0. The minimum Gasteiger partial charge on any atom is -0.466 e. The first-order chi connectivity index (χ1) is 10.8. The molecular weight excluding hydrogens is 420 g/mol. The van der Waals surface area contributed by atoms with Crippen LogP contribution in [0.3, 0.4) is 0 Å². The van der Waals surface area contributed by atoms with Crippen molar-refractivity contribution in [1.29, 1.82) is 0 Å². The second-order valence-electron chi connectivity index (χ2n) is 4.87. The summed E-state index contributed by atoms with van der Waals surface area (Å²) in [6.45, 7) is 2.05. The Morgan fingerprint density at radius 1 is 1.13 bits per heavy atom. The molecule has 2 nitrogen and oxygen atoms in total. The maximum absolute atomic E-state index is 12.6. The number of hydrogen-bond acceptors (Lipinski definition) is 2. The Morgan fingerprint density at radius 2 is 1.78 bits per heavy atom. The van der Waals surface area contributed by atoms with E-state index in [1.807, 2.05) is 12.1 Å². The molecule has 0 bridgehead atoms. The Bertz CT molecular complexity index is 694. The van der Waals surface area contributed by atoms with Gasteiger partial charge in [0.15, 0.2) is 0 Å². The summed E-state index contributed by atoms with van der Waals surface area (Å²) >= 11 is 2.12. The second-order valence-corrected chi connectivity index (χ2v) is 6.03. The second kappa shape index (κ2) is 7.33. The maximum atomic E-state index is 12.6. The number of benzene rings is 2. The summed E-state index contributed by atoms with van der Waals surface area (Å²) < 4.78 is 43.7. The number of rotatable bonds is 4. The minimum absolute atomic E-state index is 0.137. The van der Waals surface area contributed by atoms with Gasteiger partial charge in [-0.3, -0.25) is 4.79 Å². The van der Waals surface area contributed by atoms with E-state index < -0.39 is 11.7 Å². The van der Waals surface area contributed by atoms with Gasteiger partial charge in [-0.1, -0.05) is 18.2 Å². The van der Waals surface area contributed by atoms with Crippen molar-refractivity contribution in [2.45, 2.75) is 19.5 Å². The number of halogens is 4. The zero-order chi connectivity index (χ0) is 17.0. The molecule has 0 amide bonds. The number of ether oxygens (including phenoxy) is 1. The first-order valence-electron chi connectivity index (χ1n) is 6.93. The Balaban J connectivity index is 2.30. The average Bonchev–Trinajstić information content (AvgIpc) is 2.49. The van der Waals surface area contributed by atoms with Gasteiger partial charge in [-0.15, -0.1) is 0 Å². The van der Waals surface area contributed by atoms with Crippen LogP contribution < -0.4 is 0 Å². The highest BCUT2D eigenvalue weighted by Gasteiger charge is 2.30. The monoisotopic (exact) mass is 434 g/mol. The van der Waals surface area contributed by atoms with Gasteiger partial charge in [0.2, 0.25) is 0 Å². The molecule has 23 heavy (non-hydrogen) atoms. The number of carbonyl (C=O) groups is 1. The minimum atomic E-state index is -4.35. The molecule has 6 heteroatoms. The molecule has 0 atom stereocenters. The summed E-state index contributed by atoms with van der Waals surface area (Å²) in [7, 11) is 0. The zero-order valence-electron chi connectivity index (χ0n) is 12.3. The molecule has 0 saturated carbocycles. The predicted octanol–water partition coefficient (Wildman–Crippen LogP) is 5.08. The highest BCUT2D eigenvalue weighted by Crippen LogP contribution is 2.32. The molecule has 0 aromatic heterocycles. The van der Waals surface area contributed by atoms with Gasteiger partial charge >= 0.3 is 12.1 Å². The van der Waals surface area contributed by atoms with Gasteiger partial charge in [-0.2, -0.15) is 13.2 Å². The fraction of sp³-hybridized carbons (Fsp3) is 0.235. The summed E-state index contributed by atoms with van der Waals surface area (Å²) in [5.74, 6) is -0.327. The third kappa shape index (κ3) is 4.70. The molecule has 0 fully saturated rings. The van der Waals surface area contributed by atoms with Crippen LogP contribution in [-0.4, -0.2) is 12.6 Å². The van der Waals surface area contributed by atoms with Crippen LogP contribution >= 0.6 is 22.6 Å². The van der Waals surface area contributed by atoms with E-state index in [1.165, 1.54) is 12.1 Å². The first kappa shape index (κ1) is 17.8. The lowest BCUT2D eigenvalue weighted by Gasteiger charge is -2.10. The Morgan fingerprint density at radius 3 is 2.35 bits per heavy atom. The van der Waals surface area contributed by atoms with E-state index in [9.17, 15) is 18.0 Å². The van der Waals surface area contributed by atoms with Gasteiger partial charge in [0.25, 0.3) is 0 Å². The number of alkyl halides is 3. The topological polar surface area (TPSA) is 26.3 Å². The predicted molar refractivity (Wildman–Crippen MR) is 89.9 cm³/mol. The van der Waals surface area contributed by atoms with Crippen LogP contribution in [0, 0.1) is 3.57 Å². The van der Waals surface area contributed by atoms with Gasteiger partial charge in [0.05, 0.1) is 18.6 Å². The van der Waals surface area contributed by atoms with Crippen LogP contribution in [0.5, 0.6) is 0 Å². The van der Waals surface area contributed by atoms with Crippen molar-refractivity contribution in [3.63, 3.8) is 0 Å². The van der Waals surface area contributed by atoms with Gasteiger partial charge in [-0.25, -0.2) is 0 Å².